The van der Waals surface area contributed by atoms with Crippen LogP contribution in [0.15, 0.2) is 42.5 Å². The Labute approximate surface area is 192 Å². The molecule has 1 aliphatic rings. The summed E-state index contributed by atoms with van der Waals surface area (Å²) in [6, 6.07) is 12.7. The minimum absolute atomic E-state index is 0.0368. The van der Waals surface area contributed by atoms with Crippen LogP contribution in [0.4, 0.5) is 0 Å². The van der Waals surface area contributed by atoms with Crippen LogP contribution in [0.1, 0.15) is 22.8 Å². The molecule has 3 unspecified atom stereocenters. The van der Waals surface area contributed by atoms with E-state index < -0.39 is 31.4 Å². The molecule has 9 heteroatoms. The van der Waals surface area contributed by atoms with Crippen LogP contribution < -0.4 is 4.74 Å². The third-order valence-corrected chi connectivity index (χ3v) is 5.43. The van der Waals surface area contributed by atoms with Gasteiger partial charge in [-0.3, -0.25) is 4.79 Å². The van der Waals surface area contributed by atoms with E-state index in [2.05, 4.69) is 0 Å². The van der Waals surface area contributed by atoms with Crippen LogP contribution in [0, 0.1) is 6.92 Å². The van der Waals surface area contributed by atoms with Crippen molar-refractivity contribution in [3.63, 3.8) is 0 Å². The first-order valence-corrected chi connectivity index (χ1v) is 10.9. The Balaban J connectivity index is 1.76. The van der Waals surface area contributed by atoms with E-state index in [-0.39, 0.29) is 5.91 Å². The molecule has 33 heavy (non-hydrogen) atoms. The van der Waals surface area contributed by atoms with Crippen molar-refractivity contribution >= 4 is 5.91 Å². The van der Waals surface area contributed by atoms with Crippen LogP contribution >= 0.6 is 0 Å². The van der Waals surface area contributed by atoms with E-state index in [4.69, 9.17) is 14.2 Å². The van der Waals surface area contributed by atoms with Crippen molar-refractivity contribution in [2.75, 3.05) is 32.9 Å². The van der Waals surface area contributed by atoms with Crippen LogP contribution in [-0.2, 0) is 9.47 Å². The summed E-state index contributed by atoms with van der Waals surface area (Å²) < 4.78 is 16.2. The highest BCUT2D eigenvalue weighted by Crippen LogP contribution is 2.28. The van der Waals surface area contributed by atoms with E-state index in [9.17, 15) is 25.2 Å². The number of rotatable bonds is 9. The van der Waals surface area contributed by atoms with Gasteiger partial charge in [0, 0.05) is 18.7 Å². The number of aliphatic hydroxyl groups excluding tert-OH is 3. The topological polar surface area (TPSA) is 129 Å². The molecule has 1 amide bonds. The van der Waals surface area contributed by atoms with Gasteiger partial charge in [0.15, 0.2) is 0 Å². The molecule has 0 aromatic heterocycles. The van der Waals surface area contributed by atoms with Crippen LogP contribution in [0.5, 0.6) is 5.75 Å². The molecule has 1 fully saturated rings. The number of ether oxygens (including phenoxy) is 3. The first-order valence-electron chi connectivity index (χ1n) is 10.9. The first-order chi connectivity index (χ1) is 15.8. The third kappa shape index (κ3) is 6.50. The average Bonchev–Trinajstić information content (AvgIpc) is 2.82. The third-order valence-electron chi connectivity index (χ3n) is 5.43. The lowest BCUT2D eigenvalue weighted by atomic mass is 10.0. The van der Waals surface area contributed by atoms with Gasteiger partial charge in [0.2, 0.25) is 6.29 Å². The van der Waals surface area contributed by atoms with Crippen LogP contribution in [0.3, 0.4) is 0 Å². The van der Waals surface area contributed by atoms with Crippen molar-refractivity contribution in [3.05, 3.63) is 53.6 Å². The summed E-state index contributed by atoms with van der Waals surface area (Å²) in [7, 11) is 0. The number of nitrogens with zero attached hydrogens (tertiary/aromatic N) is 1. The van der Waals surface area contributed by atoms with Crippen LogP contribution in [0.2, 0.25) is 0 Å². The largest absolute Gasteiger partial charge is 0.459 e. The van der Waals surface area contributed by atoms with Gasteiger partial charge in [-0.1, -0.05) is 18.2 Å². The molecule has 180 valence electrons. The standard InChI is InChI=1S/C24H31NO8/c1-15-12-18(6-7-20(15)32-24(23(29)30)33-21(14-26)16(2)27)17-4-3-5-19(13-17)22(28)25-8-10-31-11-9-25/h3-7,12-13,16,21,23-24,26-27,29-30H,8-11,14H2,1-2H3. The maximum Gasteiger partial charge on any atom is 0.254 e. The summed E-state index contributed by atoms with van der Waals surface area (Å²) in [5.41, 5.74) is 3.01. The molecule has 1 heterocycles. The number of aryl methyl sites for hydroxylation is 1. The fraction of sp³-hybridized carbons (Fsp3) is 0.458. The summed E-state index contributed by atoms with van der Waals surface area (Å²) in [5.74, 6) is 0.310. The van der Waals surface area contributed by atoms with E-state index in [1.54, 1.807) is 30.0 Å². The second kappa shape index (κ2) is 11.6. The zero-order valence-electron chi connectivity index (χ0n) is 18.8. The fourth-order valence-electron chi connectivity index (χ4n) is 3.51. The summed E-state index contributed by atoms with van der Waals surface area (Å²) in [6.45, 7) is 4.91. The number of morpholine rings is 1. The molecule has 1 saturated heterocycles. The maximum atomic E-state index is 12.8. The quantitative estimate of drug-likeness (QED) is 0.406. The molecule has 0 saturated carbocycles. The first kappa shape index (κ1) is 25.1. The smallest absolute Gasteiger partial charge is 0.254 e. The number of carbonyl (C=O) groups excluding carboxylic acids is 1. The minimum atomic E-state index is -1.99. The Morgan fingerprint density at radius 1 is 1.09 bits per heavy atom. The fourth-order valence-corrected chi connectivity index (χ4v) is 3.51. The lowest BCUT2D eigenvalue weighted by Gasteiger charge is -2.27. The Bertz CT molecular complexity index is 926. The monoisotopic (exact) mass is 461 g/mol. The van der Waals surface area contributed by atoms with Gasteiger partial charge >= 0.3 is 0 Å². The van der Waals surface area contributed by atoms with E-state index >= 15 is 0 Å². The summed E-state index contributed by atoms with van der Waals surface area (Å²) in [6.07, 6.45) is -5.56. The lowest BCUT2D eigenvalue weighted by Crippen LogP contribution is -2.42. The normalized spacial score (nSPS) is 17.0. The highest BCUT2D eigenvalue weighted by Gasteiger charge is 2.27. The maximum absolute atomic E-state index is 12.8. The summed E-state index contributed by atoms with van der Waals surface area (Å²) in [5, 5.41) is 38.2. The van der Waals surface area contributed by atoms with Crippen molar-refractivity contribution in [2.45, 2.75) is 38.6 Å². The van der Waals surface area contributed by atoms with Gasteiger partial charge in [-0.15, -0.1) is 0 Å². The van der Waals surface area contributed by atoms with E-state index in [0.717, 1.165) is 11.1 Å². The van der Waals surface area contributed by atoms with Gasteiger partial charge in [0.1, 0.15) is 11.9 Å². The predicted octanol–water partition coefficient (Wildman–Crippen LogP) is 0.908. The zero-order chi connectivity index (χ0) is 24.0. The number of aliphatic hydroxyl groups is 4. The SMILES string of the molecule is Cc1cc(-c2cccc(C(=O)N3CCOCC3)c2)ccc1OC(OC(CO)C(C)O)C(O)O. The van der Waals surface area contributed by atoms with E-state index in [0.29, 0.717) is 43.2 Å². The molecule has 1 aliphatic heterocycles. The predicted molar refractivity (Wildman–Crippen MR) is 120 cm³/mol. The van der Waals surface area contributed by atoms with Crippen molar-refractivity contribution in [3.8, 4) is 16.9 Å². The molecule has 0 spiro atoms. The summed E-state index contributed by atoms with van der Waals surface area (Å²) in [4.78, 5) is 14.6. The molecule has 3 rings (SSSR count). The Morgan fingerprint density at radius 3 is 2.39 bits per heavy atom. The molecule has 2 aromatic rings. The number of carbonyl (C=O) groups is 1. The molecule has 2 aromatic carbocycles. The second-order valence-corrected chi connectivity index (χ2v) is 7.96. The lowest BCUT2D eigenvalue weighted by molar-refractivity contribution is -0.250. The van der Waals surface area contributed by atoms with Crippen molar-refractivity contribution in [2.24, 2.45) is 0 Å². The molecular formula is C24H31NO8. The van der Waals surface area contributed by atoms with Gasteiger partial charge in [-0.25, -0.2) is 0 Å². The van der Waals surface area contributed by atoms with Gasteiger partial charge < -0.3 is 39.5 Å². The van der Waals surface area contributed by atoms with Gasteiger partial charge in [-0.2, -0.15) is 0 Å². The van der Waals surface area contributed by atoms with Crippen molar-refractivity contribution in [1.82, 2.24) is 4.90 Å². The molecular weight excluding hydrogens is 430 g/mol. The molecule has 0 bridgehead atoms. The van der Waals surface area contributed by atoms with Crippen molar-refractivity contribution in [1.29, 1.82) is 0 Å². The van der Waals surface area contributed by atoms with Gasteiger partial charge in [0.25, 0.3) is 12.2 Å². The van der Waals surface area contributed by atoms with Gasteiger partial charge in [0.05, 0.1) is 25.9 Å². The highest BCUT2D eigenvalue weighted by molar-refractivity contribution is 5.95. The molecule has 9 nitrogen and oxygen atoms in total. The average molecular weight is 462 g/mol. The van der Waals surface area contributed by atoms with E-state index in [1.807, 2.05) is 24.3 Å². The van der Waals surface area contributed by atoms with Crippen LogP contribution in [0.25, 0.3) is 11.1 Å². The molecule has 0 radical (unpaired) electrons. The summed E-state index contributed by atoms with van der Waals surface area (Å²) >= 11 is 0. The molecule has 0 aliphatic carbocycles. The van der Waals surface area contributed by atoms with Crippen LogP contribution in [-0.4, -0.2) is 88.9 Å². The minimum Gasteiger partial charge on any atom is -0.459 e. The van der Waals surface area contributed by atoms with Crippen molar-refractivity contribution < 1.29 is 39.4 Å². The Kier molecular flexibility index (Phi) is 8.79. The molecule has 3 atom stereocenters. The van der Waals surface area contributed by atoms with E-state index in [1.165, 1.54) is 6.92 Å². The number of benzene rings is 2. The molecule has 4 N–H and O–H groups in total. The van der Waals surface area contributed by atoms with Gasteiger partial charge in [-0.05, 0) is 54.8 Å². The highest BCUT2D eigenvalue weighted by atomic mass is 16.7. The second-order valence-electron chi connectivity index (χ2n) is 7.96. The number of hydrogen-bond donors (Lipinski definition) is 4. The Morgan fingerprint density at radius 2 is 1.79 bits per heavy atom. The number of hydrogen-bond acceptors (Lipinski definition) is 8. The number of amides is 1. The Hall–Kier alpha value is -2.53. The zero-order valence-corrected chi connectivity index (χ0v) is 18.8.